The Kier molecular flexibility index (Phi) is 4.07. The molecule has 98 valence electrons. The van der Waals surface area contributed by atoms with Crippen LogP contribution in [0.4, 0.5) is 0 Å². The van der Waals surface area contributed by atoms with Gasteiger partial charge in [-0.3, -0.25) is 0 Å². The van der Waals surface area contributed by atoms with E-state index in [0.29, 0.717) is 16.3 Å². The molecule has 0 saturated heterocycles. The molecule has 0 N–H and O–H groups in total. The largest absolute Gasteiger partial charge is 0.496 e. The van der Waals surface area contributed by atoms with Gasteiger partial charge in [0.15, 0.2) is 0 Å². The standard InChI is InChI=1S/C15H13ClO3/c1-18-14-8-7-10(16)9-13(14)11-5-3-4-6-12(11)15(17)19-2/h3-9H,1-2H3. The maximum Gasteiger partial charge on any atom is 0.338 e. The van der Waals surface area contributed by atoms with Gasteiger partial charge in [0.2, 0.25) is 0 Å². The molecule has 0 bridgehead atoms. The Morgan fingerprint density at radius 2 is 1.79 bits per heavy atom. The van der Waals surface area contributed by atoms with Gasteiger partial charge in [0.05, 0.1) is 19.8 Å². The normalized spacial score (nSPS) is 10.1. The maximum absolute atomic E-state index is 11.8. The van der Waals surface area contributed by atoms with E-state index in [0.717, 1.165) is 11.1 Å². The van der Waals surface area contributed by atoms with Gasteiger partial charge in [0, 0.05) is 10.6 Å². The second-order valence-electron chi connectivity index (χ2n) is 3.88. The highest BCUT2D eigenvalue weighted by Crippen LogP contribution is 2.34. The van der Waals surface area contributed by atoms with Crippen molar-refractivity contribution < 1.29 is 14.3 Å². The lowest BCUT2D eigenvalue weighted by Gasteiger charge is -2.12. The van der Waals surface area contributed by atoms with Crippen LogP contribution in [-0.4, -0.2) is 20.2 Å². The van der Waals surface area contributed by atoms with Crippen LogP contribution in [0, 0.1) is 0 Å². The number of hydrogen-bond donors (Lipinski definition) is 0. The minimum atomic E-state index is -0.391. The summed E-state index contributed by atoms with van der Waals surface area (Å²) in [7, 11) is 2.93. The molecule has 0 spiro atoms. The summed E-state index contributed by atoms with van der Waals surface area (Å²) in [6.07, 6.45) is 0. The quantitative estimate of drug-likeness (QED) is 0.800. The molecule has 3 nitrogen and oxygen atoms in total. The third-order valence-electron chi connectivity index (χ3n) is 2.78. The first-order valence-corrected chi connectivity index (χ1v) is 6.06. The predicted molar refractivity (Wildman–Crippen MR) is 74.8 cm³/mol. The topological polar surface area (TPSA) is 35.5 Å². The second-order valence-corrected chi connectivity index (χ2v) is 4.32. The number of rotatable bonds is 3. The summed E-state index contributed by atoms with van der Waals surface area (Å²) in [5.74, 6) is 0.262. The minimum absolute atomic E-state index is 0.391. The van der Waals surface area contributed by atoms with Gasteiger partial charge in [-0.1, -0.05) is 29.8 Å². The van der Waals surface area contributed by atoms with E-state index in [-0.39, 0.29) is 0 Å². The van der Waals surface area contributed by atoms with Crippen LogP contribution in [-0.2, 0) is 4.74 Å². The summed E-state index contributed by atoms with van der Waals surface area (Å²) < 4.78 is 10.1. The average molecular weight is 277 g/mol. The molecule has 0 amide bonds. The molecule has 2 aromatic rings. The van der Waals surface area contributed by atoms with Crippen LogP contribution in [0.1, 0.15) is 10.4 Å². The van der Waals surface area contributed by atoms with E-state index in [1.54, 1.807) is 37.4 Å². The van der Waals surface area contributed by atoms with Crippen molar-refractivity contribution >= 4 is 17.6 Å². The summed E-state index contributed by atoms with van der Waals surface area (Å²) in [5, 5.41) is 0.579. The highest BCUT2D eigenvalue weighted by Gasteiger charge is 2.15. The van der Waals surface area contributed by atoms with Crippen molar-refractivity contribution in [2.45, 2.75) is 0 Å². The highest BCUT2D eigenvalue weighted by atomic mass is 35.5. The first-order valence-electron chi connectivity index (χ1n) is 5.68. The molecular weight excluding hydrogens is 264 g/mol. The average Bonchev–Trinajstić information content (AvgIpc) is 2.46. The fraction of sp³-hybridized carbons (Fsp3) is 0.133. The van der Waals surface area contributed by atoms with E-state index >= 15 is 0 Å². The Hall–Kier alpha value is -2.00. The van der Waals surface area contributed by atoms with Crippen molar-refractivity contribution in [2.75, 3.05) is 14.2 Å². The smallest absolute Gasteiger partial charge is 0.338 e. The van der Waals surface area contributed by atoms with Gasteiger partial charge in [0.25, 0.3) is 0 Å². The number of ether oxygens (including phenoxy) is 2. The molecule has 0 aliphatic carbocycles. The predicted octanol–water partition coefficient (Wildman–Crippen LogP) is 3.80. The first kappa shape index (κ1) is 13.4. The molecule has 0 unspecified atom stereocenters. The van der Waals surface area contributed by atoms with Crippen LogP contribution in [0.3, 0.4) is 0 Å². The number of benzene rings is 2. The van der Waals surface area contributed by atoms with Crippen molar-refractivity contribution in [3.8, 4) is 16.9 Å². The first-order chi connectivity index (χ1) is 9.17. The highest BCUT2D eigenvalue weighted by molar-refractivity contribution is 6.31. The molecule has 0 saturated carbocycles. The molecule has 2 rings (SSSR count). The third kappa shape index (κ3) is 2.71. The second kappa shape index (κ2) is 5.76. The molecule has 0 radical (unpaired) electrons. The Morgan fingerprint density at radius 1 is 1.05 bits per heavy atom. The van der Waals surface area contributed by atoms with Gasteiger partial charge >= 0.3 is 5.97 Å². The summed E-state index contributed by atoms with van der Waals surface area (Å²) in [6, 6.07) is 12.5. The number of methoxy groups -OCH3 is 2. The van der Waals surface area contributed by atoms with Gasteiger partial charge in [0.1, 0.15) is 5.75 Å². The fourth-order valence-corrected chi connectivity index (χ4v) is 2.07. The number of hydrogen-bond acceptors (Lipinski definition) is 3. The zero-order valence-electron chi connectivity index (χ0n) is 10.6. The molecular formula is C15H13ClO3. The minimum Gasteiger partial charge on any atom is -0.496 e. The van der Waals surface area contributed by atoms with Crippen LogP contribution in [0.2, 0.25) is 5.02 Å². The van der Waals surface area contributed by atoms with Crippen molar-refractivity contribution in [3.05, 3.63) is 53.1 Å². The van der Waals surface area contributed by atoms with Crippen molar-refractivity contribution in [2.24, 2.45) is 0 Å². The lowest BCUT2D eigenvalue weighted by molar-refractivity contribution is 0.0601. The molecule has 0 heterocycles. The monoisotopic (exact) mass is 276 g/mol. The molecule has 0 fully saturated rings. The summed E-state index contributed by atoms with van der Waals surface area (Å²) in [6.45, 7) is 0. The Bertz CT molecular complexity index is 608. The lowest BCUT2D eigenvalue weighted by atomic mass is 9.99. The molecule has 0 aliphatic rings. The number of halogens is 1. The van der Waals surface area contributed by atoms with Gasteiger partial charge in [-0.2, -0.15) is 0 Å². The lowest BCUT2D eigenvalue weighted by Crippen LogP contribution is -2.03. The Labute approximate surface area is 116 Å². The van der Waals surface area contributed by atoms with Gasteiger partial charge in [-0.25, -0.2) is 4.79 Å². The van der Waals surface area contributed by atoms with Gasteiger partial charge in [-0.05, 0) is 29.8 Å². The van der Waals surface area contributed by atoms with Crippen LogP contribution in [0.15, 0.2) is 42.5 Å². The molecule has 0 aliphatic heterocycles. The fourth-order valence-electron chi connectivity index (χ4n) is 1.90. The van der Waals surface area contributed by atoms with E-state index in [1.165, 1.54) is 7.11 Å². The van der Waals surface area contributed by atoms with E-state index in [1.807, 2.05) is 12.1 Å². The zero-order valence-corrected chi connectivity index (χ0v) is 11.4. The van der Waals surface area contributed by atoms with E-state index < -0.39 is 5.97 Å². The van der Waals surface area contributed by atoms with E-state index in [4.69, 9.17) is 21.1 Å². The van der Waals surface area contributed by atoms with E-state index in [2.05, 4.69) is 0 Å². The van der Waals surface area contributed by atoms with Crippen molar-refractivity contribution in [1.82, 2.24) is 0 Å². The van der Waals surface area contributed by atoms with Crippen molar-refractivity contribution in [1.29, 1.82) is 0 Å². The number of esters is 1. The van der Waals surface area contributed by atoms with Crippen LogP contribution in [0.5, 0.6) is 5.75 Å². The molecule has 4 heteroatoms. The number of carbonyl (C=O) groups is 1. The van der Waals surface area contributed by atoms with Gasteiger partial charge in [-0.15, -0.1) is 0 Å². The summed E-state index contributed by atoms with van der Waals surface area (Å²) >= 11 is 6.02. The number of carbonyl (C=O) groups excluding carboxylic acids is 1. The Morgan fingerprint density at radius 3 is 2.47 bits per heavy atom. The maximum atomic E-state index is 11.8. The van der Waals surface area contributed by atoms with Crippen LogP contribution >= 0.6 is 11.6 Å². The van der Waals surface area contributed by atoms with E-state index in [9.17, 15) is 4.79 Å². The van der Waals surface area contributed by atoms with Crippen LogP contribution in [0.25, 0.3) is 11.1 Å². The van der Waals surface area contributed by atoms with Crippen LogP contribution < -0.4 is 4.74 Å². The molecule has 2 aromatic carbocycles. The van der Waals surface area contributed by atoms with Gasteiger partial charge < -0.3 is 9.47 Å². The third-order valence-corrected chi connectivity index (χ3v) is 3.02. The summed E-state index contributed by atoms with van der Waals surface area (Å²) in [5.41, 5.74) is 1.97. The molecule has 0 aromatic heterocycles. The van der Waals surface area contributed by atoms with Crippen molar-refractivity contribution in [3.63, 3.8) is 0 Å². The SMILES string of the molecule is COC(=O)c1ccccc1-c1cc(Cl)ccc1OC. The summed E-state index contributed by atoms with van der Waals surface area (Å²) in [4.78, 5) is 11.8. The zero-order chi connectivity index (χ0) is 13.8. The Balaban J connectivity index is 2.65. The molecule has 0 atom stereocenters. The molecule has 19 heavy (non-hydrogen) atoms.